The fraction of sp³-hybridized carbons (Fsp3) is 0. The third-order valence-electron chi connectivity index (χ3n) is 2.69. The highest BCUT2D eigenvalue weighted by molar-refractivity contribution is 5.85. The predicted octanol–water partition coefficient (Wildman–Crippen LogP) is 3.08. The molecule has 0 unspecified atom stereocenters. The number of nitrogens with zero attached hydrogens (tertiary/aromatic N) is 3. The van der Waals surface area contributed by atoms with Gasteiger partial charge in [-0.05, 0) is 24.3 Å². The summed E-state index contributed by atoms with van der Waals surface area (Å²) in [6.45, 7) is 0. The number of para-hydroxylation sites is 1. The Bertz CT molecular complexity index is 707. The quantitative estimate of drug-likeness (QED) is 0.572. The molecule has 0 fully saturated rings. The zero-order valence-corrected chi connectivity index (χ0v) is 10.2. The fourth-order valence-corrected chi connectivity index (χ4v) is 1.75. The van der Waals surface area contributed by atoms with Gasteiger partial charge in [0.05, 0.1) is 23.1 Å². The summed E-state index contributed by atoms with van der Waals surface area (Å²) in [5.74, 6) is 0. The molecule has 3 aromatic rings. The van der Waals surface area contributed by atoms with Crippen molar-refractivity contribution in [1.82, 2.24) is 9.97 Å². The molecule has 0 bridgehead atoms. The second-order valence-electron chi connectivity index (χ2n) is 4.03. The molecule has 3 rings (SSSR count). The van der Waals surface area contributed by atoms with Crippen LogP contribution in [0.1, 0.15) is 5.69 Å². The third kappa shape index (κ3) is 2.74. The SMILES string of the molecule is C(=N/Nc1ccncc1)/c1ccc2ccccc2n1. The Morgan fingerprint density at radius 3 is 2.68 bits per heavy atom. The second-order valence-corrected chi connectivity index (χ2v) is 4.03. The van der Waals surface area contributed by atoms with Crippen molar-refractivity contribution in [2.24, 2.45) is 5.10 Å². The molecule has 1 N–H and O–H groups in total. The van der Waals surface area contributed by atoms with Crippen LogP contribution in [0.4, 0.5) is 5.69 Å². The number of rotatable bonds is 3. The molecule has 4 heteroatoms. The maximum Gasteiger partial charge on any atom is 0.0838 e. The average Bonchev–Trinajstić information content (AvgIpc) is 2.48. The summed E-state index contributed by atoms with van der Waals surface area (Å²) in [5.41, 5.74) is 5.61. The number of hydrazone groups is 1. The number of aromatic nitrogens is 2. The Balaban J connectivity index is 1.78. The summed E-state index contributed by atoms with van der Waals surface area (Å²) in [6.07, 6.45) is 5.13. The number of pyridine rings is 2. The van der Waals surface area contributed by atoms with Crippen molar-refractivity contribution in [2.45, 2.75) is 0 Å². The molecule has 92 valence electrons. The van der Waals surface area contributed by atoms with Crippen molar-refractivity contribution < 1.29 is 0 Å². The molecule has 0 aliphatic rings. The maximum absolute atomic E-state index is 4.50. The largest absolute Gasteiger partial charge is 0.278 e. The first kappa shape index (κ1) is 11.3. The van der Waals surface area contributed by atoms with E-state index in [4.69, 9.17) is 0 Å². The summed E-state index contributed by atoms with van der Waals surface area (Å²) in [7, 11) is 0. The molecule has 0 saturated heterocycles. The number of hydrogen-bond donors (Lipinski definition) is 1. The van der Waals surface area contributed by atoms with Crippen LogP contribution in [0.3, 0.4) is 0 Å². The zero-order valence-electron chi connectivity index (χ0n) is 10.2. The summed E-state index contributed by atoms with van der Waals surface area (Å²) < 4.78 is 0. The Hall–Kier alpha value is -2.75. The molecule has 0 radical (unpaired) electrons. The van der Waals surface area contributed by atoms with Crippen LogP contribution < -0.4 is 5.43 Å². The van der Waals surface area contributed by atoms with Crippen molar-refractivity contribution in [1.29, 1.82) is 0 Å². The molecule has 0 spiro atoms. The average molecular weight is 248 g/mol. The minimum Gasteiger partial charge on any atom is -0.278 e. The fourth-order valence-electron chi connectivity index (χ4n) is 1.75. The van der Waals surface area contributed by atoms with Crippen LogP contribution >= 0.6 is 0 Å². The van der Waals surface area contributed by atoms with Crippen LogP contribution in [0.25, 0.3) is 10.9 Å². The van der Waals surface area contributed by atoms with Crippen molar-refractivity contribution in [2.75, 3.05) is 5.43 Å². The standard InChI is InChI=1S/C15H12N4/c1-2-4-15-12(3-1)5-6-14(18-15)11-17-19-13-7-9-16-10-8-13/h1-11H,(H,16,19)/b17-11-. The first-order valence-electron chi connectivity index (χ1n) is 5.97. The van der Waals surface area contributed by atoms with Gasteiger partial charge in [-0.15, -0.1) is 0 Å². The maximum atomic E-state index is 4.50. The molecule has 0 amide bonds. The molecule has 2 aromatic heterocycles. The molecule has 19 heavy (non-hydrogen) atoms. The first-order valence-corrected chi connectivity index (χ1v) is 5.97. The lowest BCUT2D eigenvalue weighted by Crippen LogP contribution is -1.93. The van der Waals surface area contributed by atoms with Crippen LogP contribution in [0.2, 0.25) is 0 Å². The number of fused-ring (bicyclic) bond motifs is 1. The highest BCUT2D eigenvalue weighted by Crippen LogP contribution is 2.10. The van der Waals surface area contributed by atoms with Gasteiger partial charge in [-0.1, -0.05) is 24.3 Å². The van der Waals surface area contributed by atoms with E-state index < -0.39 is 0 Å². The van der Waals surface area contributed by atoms with E-state index in [1.165, 1.54) is 0 Å². The summed E-state index contributed by atoms with van der Waals surface area (Å²) in [5, 5.41) is 5.28. The van der Waals surface area contributed by atoms with Gasteiger partial charge < -0.3 is 0 Å². The number of anilines is 1. The van der Waals surface area contributed by atoms with Gasteiger partial charge in [0, 0.05) is 17.8 Å². The van der Waals surface area contributed by atoms with E-state index in [1.54, 1.807) is 18.6 Å². The monoisotopic (exact) mass is 248 g/mol. The van der Waals surface area contributed by atoms with Crippen LogP contribution in [-0.4, -0.2) is 16.2 Å². The van der Waals surface area contributed by atoms with Crippen molar-refractivity contribution in [3.05, 3.63) is 66.6 Å². The smallest absolute Gasteiger partial charge is 0.0838 e. The van der Waals surface area contributed by atoms with Gasteiger partial charge in [-0.25, -0.2) is 4.98 Å². The third-order valence-corrected chi connectivity index (χ3v) is 2.69. The van der Waals surface area contributed by atoms with Gasteiger partial charge in [0.25, 0.3) is 0 Å². The molecule has 1 aromatic carbocycles. The lowest BCUT2D eigenvalue weighted by molar-refractivity contribution is 1.28. The van der Waals surface area contributed by atoms with Gasteiger partial charge in [0.1, 0.15) is 0 Å². The van der Waals surface area contributed by atoms with Crippen LogP contribution in [-0.2, 0) is 0 Å². The highest BCUT2D eigenvalue weighted by atomic mass is 15.3. The normalized spacial score (nSPS) is 10.9. The number of benzene rings is 1. The van der Waals surface area contributed by atoms with E-state index >= 15 is 0 Å². The molecular formula is C15H12N4. The van der Waals surface area contributed by atoms with Crippen LogP contribution in [0, 0.1) is 0 Å². The molecule has 2 heterocycles. The van der Waals surface area contributed by atoms with Gasteiger partial charge >= 0.3 is 0 Å². The van der Waals surface area contributed by atoms with E-state index in [9.17, 15) is 0 Å². The molecule has 0 aliphatic carbocycles. The molecule has 0 aliphatic heterocycles. The molecule has 4 nitrogen and oxygen atoms in total. The minimum absolute atomic E-state index is 0.820. The lowest BCUT2D eigenvalue weighted by atomic mass is 10.2. The van der Waals surface area contributed by atoms with Crippen molar-refractivity contribution in [3.8, 4) is 0 Å². The van der Waals surface area contributed by atoms with Crippen molar-refractivity contribution in [3.63, 3.8) is 0 Å². The van der Waals surface area contributed by atoms with E-state index in [0.717, 1.165) is 22.3 Å². The van der Waals surface area contributed by atoms with Gasteiger partial charge in [-0.2, -0.15) is 5.10 Å². The zero-order chi connectivity index (χ0) is 12.9. The number of nitrogens with one attached hydrogen (secondary N) is 1. The topological polar surface area (TPSA) is 50.2 Å². The molecule has 0 saturated carbocycles. The van der Waals surface area contributed by atoms with E-state index in [-0.39, 0.29) is 0 Å². The summed E-state index contributed by atoms with van der Waals surface area (Å²) in [4.78, 5) is 8.45. The van der Waals surface area contributed by atoms with Crippen molar-refractivity contribution >= 4 is 22.8 Å². The Morgan fingerprint density at radius 2 is 1.79 bits per heavy atom. The summed E-state index contributed by atoms with van der Waals surface area (Å²) >= 11 is 0. The van der Waals surface area contributed by atoms with E-state index in [0.29, 0.717) is 0 Å². The molecule has 0 atom stereocenters. The Kier molecular flexibility index (Phi) is 3.14. The van der Waals surface area contributed by atoms with E-state index in [1.807, 2.05) is 48.5 Å². The lowest BCUT2D eigenvalue weighted by Gasteiger charge is -1.99. The van der Waals surface area contributed by atoms with Crippen LogP contribution in [0.15, 0.2) is 66.0 Å². The van der Waals surface area contributed by atoms with Crippen LogP contribution in [0.5, 0.6) is 0 Å². The Labute approximate surface area is 110 Å². The van der Waals surface area contributed by atoms with Gasteiger partial charge in [0.2, 0.25) is 0 Å². The second kappa shape index (κ2) is 5.27. The van der Waals surface area contributed by atoms with Gasteiger partial charge in [0.15, 0.2) is 0 Å². The minimum atomic E-state index is 0.820. The number of hydrogen-bond acceptors (Lipinski definition) is 4. The molecular weight excluding hydrogens is 236 g/mol. The first-order chi connectivity index (χ1) is 9.42. The van der Waals surface area contributed by atoms with E-state index in [2.05, 4.69) is 20.5 Å². The predicted molar refractivity (Wildman–Crippen MR) is 77.2 cm³/mol. The van der Waals surface area contributed by atoms with Gasteiger partial charge in [-0.3, -0.25) is 10.4 Å². The highest BCUT2D eigenvalue weighted by Gasteiger charge is 1.94. The summed E-state index contributed by atoms with van der Waals surface area (Å²) in [6, 6.07) is 15.7. The Morgan fingerprint density at radius 1 is 0.947 bits per heavy atom.